The molecule has 30 heavy (non-hydrogen) atoms. The molecule has 4 rings (SSSR count). The van der Waals surface area contributed by atoms with E-state index in [-0.39, 0.29) is 18.2 Å². The first-order chi connectivity index (χ1) is 14.7. The van der Waals surface area contributed by atoms with Crippen LogP contribution < -0.4 is 19.7 Å². The lowest BCUT2D eigenvalue weighted by atomic mass is 10.1. The van der Waals surface area contributed by atoms with Crippen molar-refractivity contribution in [2.75, 3.05) is 50.8 Å². The fraction of sp³-hybridized carbons (Fsp3) is 0.391. The number of ether oxygens (including phenoxy) is 2. The zero-order valence-corrected chi connectivity index (χ0v) is 17.0. The second kappa shape index (κ2) is 9.52. The number of hydrogen-bond donors (Lipinski definition) is 1. The van der Waals surface area contributed by atoms with Crippen molar-refractivity contribution in [1.29, 1.82) is 0 Å². The molecule has 2 aromatic carbocycles. The predicted octanol–water partition coefficient (Wildman–Crippen LogP) is 1.86. The molecule has 2 aliphatic heterocycles. The number of carbonyl (C=O) groups is 2. The Bertz CT molecular complexity index is 879. The van der Waals surface area contributed by atoms with Crippen LogP contribution in [0, 0.1) is 0 Å². The van der Waals surface area contributed by atoms with Crippen LogP contribution >= 0.6 is 0 Å². The number of amides is 2. The van der Waals surface area contributed by atoms with E-state index < -0.39 is 0 Å². The van der Waals surface area contributed by atoms with Gasteiger partial charge in [0.05, 0.1) is 6.42 Å². The third kappa shape index (κ3) is 5.03. The molecule has 1 saturated heterocycles. The van der Waals surface area contributed by atoms with Crippen molar-refractivity contribution in [3.63, 3.8) is 0 Å². The third-order valence-corrected chi connectivity index (χ3v) is 5.39. The molecule has 0 aliphatic carbocycles. The SMILES string of the molecule is O=C(Cc1ccc2c(c1)OCCO2)NCCC(=O)N1CCN(c2ccccc2)CC1. The maximum Gasteiger partial charge on any atom is 0.224 e. The van der Waals surface area contributed by atoms with E-state index in [1.165, 1.54) is 5.69 Å². The van der Waals surface area contributed by atoms with E-state index in [4.69, 9.17) is 9.47 Å². The molecule has 2 aliphatic rings. The first-order valence-electron chi connectivity index (χ1n) is 10.4. The van der Waals surface area contributed by atoms with Crippen molar-refractivity contribution in [1.82, 2.24) is 10.2 Å². The zero-order valence-electron chi connectivity index (χ0n) is 17.0. The highest BCUT2D eigenvalue weighted by Crippen LogP contribution is 2.30. The fourth-order valence-corrected chi connectivity index (χ4v) is 3.77. The molecule has 0 aromatic heterocycles. The number of carbonyl (C=O) groups excluding carboxylic acids is 2. The third-order valence-electron chi connectivity index (χ3n) is 5.39. The molecular formula is C23H27N3O4. The smallest absolute Gasteiger partial charge is 0.224 e. The van der Waals surface area contributed by atoms with Gasteiger partial charge in [0.25, 0.3) is 0 Å². The summed E-state index contributed by atoms with van der Waals surface area (Å²) < 4.78 is 11.0. The lowest BCUT2D eigenvalue weighted by Crippen LogP contribution is -2.49. The van der Waals surface area contributed by atoms with Crippen LogP contribution in [-0.4, -0.2) is 62.7 Å². The average molecular weight is 409 g/mol. The minimum Gasteiger partial charge on any atom is -0.486 e. The van der Waals surface area contributed by atoms with E-state index >= 15 is 0 Å². The molecule has 0 saturated carbocycles. The van der Waals surface area contributed by atoms with Crippen LogP contribution in [0.15, 0.2) is 48.5 Å². The molecule has 0 unspecified atom stereocenters. The van der Waals surface area contributed by atoms with Crippen LogP contribution in [-0.2, 0) is 16.0 Å². The Kier molecular flexibility index (Phi) is 6.37. The number of nitrogens with one attached hydrogen (secondary N) is 1. The van der Waals surface area contributed by atoms with Gasteiger partial charge in [0.15, 0.2) is 11.5 Å². The van der Waals surface area contributed by atoms with Gasteiger partial charge in [-0.3, -0.25) is 9.59 Å². The first-order valence-corrected chi connectivity index (χ1v) is 10.4. The number of fused-ring (bicyclic) bond motifs is 1. The molecule has 158 valence electrons. The van der Waals surface area contributed by atoms with Crippen molar-refractivity contribution in [2.45, 2.75) is 12.8 Å². The summed E-state index contributed by atoms with van der Waals surface area (Å²) in [6, 6.07) is 15.8. The second-order valence-corrected chi connectivity index (χ2v) is 7.46. The van der Waals surface area contributed by atoms with E-state index in [0.29, 0.717) is 50.8 Å². The molecule has 2 amide bonds. The van der Waals surface area contributed by atoms with Crippen LogP contribution in [0.2, 0.25) is 0 Å². The number of benzene rings is 2. The minimum absolute atomic E-state index is 0.0855. The van der Waals surface area contributed by atoms with Gasteiger partial charge < -0.3 is 24.6 Å². The quantitative estimate of drug-likeness (QED) is 0.789. The summed E-state index contributed by atoms with van der Waals surface area (Å²) in [4.78, 5) is 28.9. The van der Waals surface area contributed by atoms with Crippen LogP contribution in [0.25, 0.3) is 0 Å². The van der Waals surface area contributed by atoms with Gasteiger partial charge in [0.1, 0.15) is 13.2 Å². The van der Waals surface area contributed by atoms with Gasteiger partial charge in [0, 0.05) is 44.8 Å². The maximum atomic E-state index is 12.5. The van der Waals surface area contributed by atoms with Crippen molar-refractivity contribution >= 4 is 17.5 Å². The topological polar surface area (TPSA) is 71.1 Å². The summed E-state index contributed by atoms with van der Waals surface area (Å²) in [5.41, 5.74) is 2.05. The molecule has 0 bridgehead atoms. The van der Waals surface area contributed by atoms with Crippen LogP contribution in [0.4, 0.5) is 5.69 Å². The number of rotatable bonds is 6. The van der Waals surface area contributed by atoms with Crippen molar-refractivity contribution in [2.24, 2.45) is 0 Å². The predicted molar refractivity (Wildman–Crippen MR) is 114 cm³/mol. The fourth-order valence-electron chi connectivity index (χ4n) is 3.77. The molecule has 2 heterocycles. The summed E-state index contributed by atoms with van der Waals surface area (Å²) in [5, 5.41) is 2.85. The zero-order chi connectivity index (χ0) is 20.8. The summed E-state index contributed by atoms with van der Waals surface area (Å²) in [7, 11) is 0. The largest absolute Gasteiger partial charge is 0.486 e. The Labute approximate surface area is 176 Å². The highest BCUT2D eigenvalue weighted by Gasteiger charge is 2.21. The van der Waals surface area contributed by atoms with Gasteiger partial charge in [-0.2, -0.15) is 0 Å². The van der Waals surface area contributed by atoms with Crippen molar-refractivity contribution in [3.8, 4) is 11.5 Å². The summed E-state index contributed by atoms with van der Waals surface area (Å²) in [6.45, 7) is 4.48. The van der Waals surface area contributed by atoms with Crippen molar-refractivity contribution in [3.05, 3.63) is 54.1 Å². The van der Waals surface area contributed by atoms with E-state index in [9.17, 15) is 9.59 Å². The Morgan fingerprint density at radius 2 is 1.63 bits per heavy atom. The lowest BCUT2D eigenvalue weighted by molar-refractivity contribution is -0.131. The van der Waals surface area contributed by atoms with E-state index in [1.807, 2.05) is 41.3 Å². The summed E-state index contributed by atoms with van der Waals surface area (Å²) in [5.74, 6) is 1.37. The van der Waals surface area contributed by atoms with Gasteiger partial charge in [-0.25, -0.2) is 0 Å². The van der Waals surface area contributed by atoms with Crippen LogP contribution in [0.3, 0.4) is 0 Å². The molecule has 2 aromatic rings. The van der Waals surface area contributed by atoms with Crippen LogP contribution in [0.1, 0.15) is 12.0 Å². The van der Waals surface area contributed by atoms with Crippen molar-refractivity contribution < 1.29 is 19.1 Å². The number of piperazine rings is 1. The normalized spacial score (nSPS) is 15.6. The number of nitrogens with zero attached hydrogens (tertiary/aromatic N) is 2. The molecular weight excluding hydrogens is 382 g/mol. The summed E-state index contributed by atoms with van der Waals surface area (Å²) in [6.07, 6.45) is 0.568. The molecule has 1 N–H and O–H groups in total. The first kappa shape index (κ1) is 20.1. The molecule has 7 nitrogen and oxygen atoms in total. The van der Waals surface area contributed by atoms with Crippen LogP contribution in [0.5, 0.6) is 11.5 Å². The molecule has 0 atom stereocenters. The monoisotopic (exact) mass is 409 g/mol. The average Bonchev–Trinajstić information content (AvgIpc) is 2.79. The van der Waals surface area contributed by atoms with Gasteiger partial charge in [-0.05, 0) is 29.8 Å². The highest BCUT2D eigenvalue weighted by molar-refractivity contribution is 5.80. The lowest BCUT2D eigenvalue weighted by Gasteiger charge is -2.36. The molecule has 1 fully saturated rings. The van der Waals surface area contributed by atoms with Gasteiger partial charge in [0.2, 0.25) is 11.8 Å². The Hall–Kier alpha value is -3.22. The molecule has 0 radical (unpaired) electrons. The van der Waals surface area contributed by atoms with Gasteiger partial charge in [-0.15, -0.1) is 0 Å². The van der Waals surface area contributed by atoms with Gasteiger partial charge >= 0.3 is 0 Å². The second-order valence-electron chi connectivity index (χ2n) is 7.46. The van der Waals surface area contributed by atoms with E-state index in [1.54, 1.807) is 0 Å². The standard InChI is InChI=1S/C23H27N3O4/c27-22(17-18-6-7-20-21(16-18)30-15-14-29-20)24-9-8-23(28)26-12-10-25(11-13-26)19-4-2-1-3-5-19/h1-7,16H,8-15,17H2,(H,24,27). The Morgan fingerprint density at radius 3 is 2.40 bits per heavy atom. The highest BCUT2D eigenvalue weighted by atomic mass is 16.6. The number of para-hydroxylation sites is 1. The number of anilines is 1. The molecule has 0 spiro atoms. The van der Waals surface area contributed by atoms with Gasteiger partial charge in [-0.1, -0.05) is 24.3 Å². The Balaban J connectivity index is 1.17. The van der Waals surface area contributed by atoms with E-state index in [2.05, 4.69) is 22.3 Å². The van der Waals surface area contributed by atoms with E-state index in [0.717, 1.165) is 18.7 Å². The minimum atomic E-state index is -0.103. The number of hydrogen-bond acceptors (Lipinski definition) is 5. The molecule has 7 heteroatoms. The Morgan fingerprint density at radius 1 is 0.900 bits per heavy atom. The summed E-state index contributed by atoms with van der Waals surface area (Å²) >= 11 is 0. The maximum absolute atomic E-state index is 12.5.